The van der Waals surface area contributed by atoms with E-state index in [1.807, 2.05) is 61.9 Å². The lowest BCUT2D eigenvalue weighted by atomic mass is 9.90. The molecule has 4 aromatic rings. The third kappa shape index (κ3) is 6.82. The number of carbonyl (C=O) groups is 1. The molecule has 1 amide bonds. The molecular formula is C29H36N8O3S. The second kappa shape index (κ2) is 11.4. The van der Waals surface area contributed by atoms with Crippen LogP contribution in [0, 0.1) is 0 Å². The van der Waals surface area contributed by atoms with Gasteiger partial charge < -0.3 is 25.4 Å². The third-order valence-electron chi connectivity index (χ3n) is 6.89. The highest BCUT2D eigenvalue weighted by molar-refractivity contribution is 7.99. The van der Waals surface area contributed by atoms with Crippen LogP contribution in [0.1, 0.15) is 46.1 Å². The first-order chi connectivity index (χ1) is 19.5. The summed E-state index contributed by atoms with van der Waals surface area (Å²) in [6, 6.07) is 11.7. The highest BCUT2D eigenvalue weighted by Gasteiger charge is 2.34. The highest BCUT2D eigenvalue weighted by Crippen LogP contribution is 2.35. The van der Waals surface area contributed by atoms with Gasteiger partial charge in [-0.1, -0.05) is 23.9 Å². The number of hydrogen-bond donors (Lipinski definition) is 2. The fourth-order valence-electron chi connectivity index (χ4n) is 4.64. The second-order valence-electron chi connectivity index (χ2n) is 11.4. The Kier molecular flexibility index (Phi) is 7.94. The van der Waals surface area contributed by atoms with Crippen LogP contribution in [-0.2, 0) is 11.3 Å². The number of hydrogen-bond acceptors (Lipinski definition) is 10. The van der Waals surface area contributed by atoms with Gasteiger partial charge in [0.1, 0.15) is 28.5 Å². The molecule has 0 bridgehead atoms. The van der Waals surface area contributed by atoms with Crippen molar-refractivity contribution in [3.05, 3.63) is 54.4 Å². The van der Waals surface area contributed by atoms with Gasteiger partial charge in [-0.2, -0.15) is 5.10 Å². The minimum atomic E-state index is -0.541. The number of pyridine rings is 1. The molecule has 5 rings (SSSR count). The highest BCUT2D eigenvalue weighted by atomic mass is 32.2. The van der Waals surface area contributed by atoms with Gasteiger partial charge in [-0.3, -0.25) is 0 Å². The van der Waals surface area contributed by atoms with Gasteiger partial charge in [0.15, 0.2) is 10.7 Å². The molecule has 0 unspecified atom stereocenters. The maximum Gasteiger partial charge on any atom is 0.408 e. The average Bonchev–Trinajstić information content (AvgIpc) is 3.25. The van der Waals surface area contributed by atoms with Crippen molar-refractivity contribution in [2.24, 2.45) is 0 Å². The van der Waals surface area contributed by atoms with Gasteiger partial charge >= 0.3 is 6.09 Å². The molecule has 12 heteroatoms. The van der Waals surface area contributed by atoms with Gasteiger partial charge in [0, 0.05) is 24.8 Å². The lowest BCUT2D eigenvalue weighted by Gasteiger charge is -2.40. The van der Waals surface area contributed by atoms with Crippen LogP contribution < -0.4 is 20.7 Å². The quantitative estimate of drug-likeness (QED) is 0.313. The van der Waals surface area contributed by atoms with Crippen LogP contribution in [-0.4, -0.2) is 62.2 Å². The number of ether oxygens (including phenoxy) is 2. The number of carbonyl (C=O) groups excluding carboxylic acids is 1. The van der Waals surface area contributed by atoms with E-state index >= 15 is 0 Å². The number of alkyl carbamates (subject to hydrolysis) is 1. The van der Waals surface area contributed by atoms with Gasteiger partial charge in [-0.25, -0.2) is 24.4 Å². The smallest absolute Gasteiger partial charge is 0.408 e. The van der Waals surface area contributed by atoms with Crippen LogP contribution in [0.2, 0.25) is 0 Å². The molecule has 1 aromatic carbocycles. The number of nitrogens with zero attached hydrogens (tertiary/aromatic N) is 6. The van der Waals surface area contributed by atoms with E-state index in [-0.39, 0.29) is 5.54 Å². The molecule has 0 aliphatic carbocycles. The van der Waals surface area contributed by atoms with Crippen molar-refractivity contribution in [1.82, 2.24) is 30.0 Å². The number of aromatic nitrogens is 5. The van der Waals surface area contributed by atoms with Gasteiger partial charge in [0.05, 0.1) is 24.7 Å². The first-order valence-corrected chi connectivity index (χ1v) is 14.3. The van der Waals surface area contributed by atoms with E-state index < -0.39 is 11.7 Å². The summed E-state index contributed by atoms with van der Waals surface area (Å²) in [6.07, 6.45) is 4.56. The Morgan fingerprint density at radius 1 is 1.15 bits per heavy atom. The number of benzene rings is 1. The van der Waals surface area contributed by atoms with Gasteiger partial charge in [0.2, 0.25) is 0 Å². The van der Waals surface area contributed by atoms with E-state index in [0.29, 0.717) is 41.6 Å². The Balaban J connectivity index is 1.40. The zero-order valence-electron chi connectivity index (χ0n) is 24.0. The maximum absolute atomic E-state index is 12.4. The minimum Gasteiger partial charge on any atom is -0.497 e. The van der Waals surface area contributed by atoms with E-state index in [4.69, 9.17) is 30.3 Å². The number of piperidine rings is 1. The third-order valence-corrected chi connectivity index (χ3v) is 7.92. The zero-order chi connectivity index (χ0) is 29.2. The Labute approximate surface area is 243 Å². The van der Waals surface area contributed by atoms with Crippen molar-refractivity contribution < 1.29 is 14.3 Å². The number of nitrogens with one attached hydrogen (secondary N) is 1. The lowest BCUT2D eigenvalue weighted by molar-refractivity contribution is 0.0448. The van der Waals surface area contributed by atoms with E-state index in [0.717, 1.165) is 34.9 Å². The molecule has 1 aliphatic heterocycles. The predicted molar refractivity (Wildman–Crippen MR) is 159 cm³/mol. The van der Waals surface area contributed by atoms with Crippen molar-refractivity contribution in [1.29, 1.82) is 0 Å². The van der Waals surface area contributed by atoms with Gasteiger partial charge in [0.25, 0.3) is 0 Å². The first-order valence-electron chi connectivity index (χ1n) is 13.5. The fraction of sp³-hybridized carbons (Fsp3) is 0.414. The summed E-state index contributed by atoms with van der Waals surface area (Å²) in [4.78, 5) is 29.5. The number of nitrogens with two attached hydrogens (primary N) is 1. The summed E-state index contributed by atoms with van der Waals surface area (Å²) in [6.45, 7) is 9.59. The normalized spacial score (nSPS) is 15.1. The molecule has 0 radical (unpaired) electrons. The molecule has 1 fully saturated rings. The summed E-state index contributed by atoms with van der Waals surface area (Å²) in [5, 5.41) is 8.67. The van der Waals surface area contributed by atoms with Crippen molar-refractivity contribution >= 4 is 40.7 Å². The van der Waals surface area contributed by atoms with Crippen LogP contribution in [0.25, 0.3) is 11.2 Å². The number of anilines is 2. The van der Waals surface area contributed by atoms with Crippen LogP contribution in [0.15, 0.2) is 58.7 Å². The Hall–Kier alpha value is -4.06. The Bertz CT molecular complexity index is 1530. The monoisotopic (exact) mass is 576 g/mol. The number of rotatable bonds is 7. The van der Waals surface area contributed by atoms with Gasteiger partial charge in [-0.15, -0.1) is 0 Å². The molecule has 1 saturated heterocycles. The molecule has 11 nitrogen and oxygen atoms in total. The molecule has 0 saturated carbocycles. The molecule has 0 spiro atoms. The summed E-state index contributed by atoms with van der Waals surface area (Å²) < 4.78 is 12.7. The molecule has 41 heavy (non-hydrogen) atoms. The molecule has 3 N–H and O–H groups in total. The predicted octanol–water partition coefficient (Wildman–Crippen LogP) is 4.90. The van der Waals surface area contributed by atoms with E-state index in [1.165, 1.54) is 11.8 Å². The van der Waals surface area contributed by atoms with Crippen molar-refractivity contribution in [3.8, 4) is 5.75 Å². The van der Waals surface area contributed by atoms with Crippen LogP contribution in [0.4, 0.5) is 16.4 Å². The number of amides is 1. The van der Waals surface area contributed by atoms with Crippen LogP contribution in [0.3, 0.4) is 0 Å². The molecule has 3 aromatic heterocycles. The summed E-state index contributed by atoms with van der Waals surface area (Å²) in [5.41, 5.74) is 7.66. The lowest BCUT2D eigenvalue weighted by Crippen LogP contribution is -2.54. The largest absolute Gasteiger partial charge is 0.497 e. The Morgan fingerprint density at radius 3 is 2.54 bits per heavy atom. The standard InChI is InChI=1S/C29H36N8O3S/c1-28(2,3)40-27(38)34-29(4)12-15-36(16-13-29)22-17-32-23-25(33-22)37(18-19-8-10-20(39-5)11-9-19)35-26(23)41-21-7-6-14-31-24(21)30/h6-11,14,17H,12-13,15-16,18H2,1-5H3,(H2,30,31)(H,34,38). The molecular weight excluding hydrogens is 540 g/mol. The van der Waals surface area contributed by atoms with E-state index in [1.54, 1.807) is 19.5 Å². The Morgan fingerprint density at radius 2 is 1.88 bits per heavy atom. The van der Waals surface area contributed by atoms with Crippen LogP contribution >= 0.6 is 11.8 Å². The van der Waals surface area contributed by atoms with E-state index in [2.05, 4.69) is 22.1 Å². The fourth-order valence-corrected chi connectivity index (χ4v) is 5.53. The van der Waals surface area contributed by atoms with E-state index in [9.17, 15) is 4.79 Å². The number of methoxy groups -OCH3 is 1. The number of nitrogen functional groups attached to an aromatic ring is 1. The number of fused-ring (bicyclic) bond motifs is 1. The molecule has 216 valence electrons. The first kappa shape index (κ1) is 28.5. The molecule has 1 aliphatic rings. The second-order valence-corrected chi connectivity index (χ2v) is 12.4. The minimum absolute atomic E-state index is 0.361. The molecule has 4 heterocycles. The summed E-state index contributed by atoms with van der Waals surface area (Å²) >= 11 is 1.42. The van der Waals surface area contributed by atoms with Crippen LogP contribution in [0.5, 0.6) is 5.75 Å². The summed E-state index contributed by atoms with van der Waals surface area (Å²) in [5.74, 6) is 2.00. The average molecular weight is 577 g/mol. The topological polar surface area (TPSA) is 133 Å². The maximum atomic E-state index is 12.4. The van der Waals surface area contributed by atoms with Gasteiger partial charge in [-0.05, 0) is 70.4 Å². The van der Waals surface area contributed by atoms with Crippen molar-refractivity contribution in [3.63, 3.8) is 0 Å². The SMILES string of the molecule is COc1ccc(Cn2nc(Sc3cccnc3N)c3ncc(N4CCC(C)(NC(=O)OC(C)(C)C)CC4)nc32)cc1. The van der Waals surface area contributed by atoms with Crippen molar-refractivity contribution in [2.45, 2.75) is 68.1 Å². The zero-order valence-corrected chi connectivity index (χ0v) is 24.9. The van der Waals surface area contributed by atoms with Crippen molar-refractivity contribution in [2.75, 3.05) is 30.8 Å². The molecule has 0 atom stereocenters. The summed E-state index contributed by atoms with van der Waals surface area (Å²) in [7, 11) is 1.65.